The molecule has 0 aliphatic heterocycles. The van der Waals surface area contributed by atoms with Crippen LogP contribution in [-0.4, -0.2) is 6.54 Å². The Morgan fingerprint density at radius 3 is 2.93 bits per heavy atom. The molecular weight excluding hydrogens is 174 g/mol. The lowest BCUT2D eigenvalue weighted by Crippen LogP contribution is -2.12. The Morgan fingerprint density at radius 1 is 1.50 bits per heavy atom. The standard InChI is InChI=1S/C12H19NO/c1-3-6-13-8-10-4-5-12(14-10)11-7-9(11)2/h4-5,9,11,13H,3,6-8H2,1-2H3. The lowest BCUT2D eigenvalue weighted by atomic mass is 10.3. The van der Waals surface area contributed by atoms with Crippen molar-refractivity contribution in [1.82, 2.24) is 5.32 Å². The molecule has 0 bridgehead atoms. The van der Waals surface area contributed by atoms with Crippen molar-refractivity contribution in [2.24, 2.45) is 5.92 Å². The predicted octanol–water partition coefficient (Wildman–Crippen LogP) is 2.90. The first-order chi connectivity index (χ1) is 6.81. The van der Waals surface area contributed by atoms with E-state index in [1.807, 2.05) is 0 Å². The fourth-order valence-corrected chi connectivity index (χ4v) is 1.80. The quantitative estimate of drug-likeness (QED) is 0.727. The van der Waals surface area contributed by atoms with E-state index < -0.39 is 0 Å². The van der Waals surface area contributed by atoms with Crippen LogP contribution in [-0.2, 0) is 6.54 Å². The molecule has 2 unspecified atom stereocenters. The molecule has 1 aromatic heterocycles. The Balaban J connectivity index is 1.84. The van der Waals surface area contributed by atoms with E-state index in [1.54, 1.807) is 0 Å². The van der Waals surface area contributed by atoms with Gasteiger partial charge in [0.05, 0.1) is 6.54 Å². The minimum atomic E-state index is 0.704. The third-order valence-corrected chi connectivity index (χ3v) is 2.88. The number of hydrogen-bond donors (Lipinski definition) is 1. The van der Waals surface area contributed by atoms with Gasteiger partial charge in [0.2, 0.25) is 0 Å². The van der Waals surface area contributed by atoms with Crippen LogP contribution in [0.2, 0.25) is 0 Å². The predicted molar refractivity (Wildman–Crippen MR) is 57.2 cm³/mol. The zero-order valence-electron chi connectivity index (χ0n) is 9.05. The molecule has 2 nitrogen and oxygen atoms in total. The molecule has 0 spiro atoms. The van der Waals surface area contributed by atoms with E-state index in [2.05, 4.69) is 31.3 Å². The summed E-state index contributed by atoms with van der Waals surface area (Å²) in [7, 11) is 0. The fourth-order valence-electron chi connectivity index (χ4n) is 1.80. The molecule has 0 aromatic carbocycles. The smallest absolute Gasteiger partial charge is 0.117 e. The zero-order chi connectivity index (χ0) is 9.97. The molecule has 0 radical (unpaired) electrons. The van der Waals surface area contributed by atoms with E-state index in [0.29, 0.717) is 5.92 Å². The van der Waals surface area contributed by atoms with Gasteiger partial charge in [-0.25, -0.2) is 0 Å². The summed E-state index contributed by atoms with van der Waals surface area (Å²) in [6.45, 7) is 6.39. The van der Waals surface area contributed by atoms with E-state index >= 15 is 0 Å². The van der Waals surface area contributed by atoms with Gasteiger partial charge in [-0.05, 0) is 37.4 Å². The van der Waals surface area contributed by atoms with Crippen LogP contribution in [0.25, 0.3) is 0 Å². The first-order valence-electron chi connectivity index (χ1n) is 5.60. The monoisotopic (exact) mass is 193 g/mol. The maximum atomic E-state index is 5.76. The highest BCUT2D eigenvalue weighted by molar-refractivity contribution is 5.17. The van der Waals surface area contributed by atoms with E-state index in [-0.39, 0.29) is 0 Å². The summed E-state index contributed by atoms with van der Waals surface area (Å²) in [5.74, 6) is 3.80. The Hall–Kier alpha value is -0.760. The molecule has 78 valence electrons. The molecule has 2 atom stereocenters. The molecule has 2 rings (SSSR count). The average molecular weight is 193 g/mol. The van der Waals surface area contributed by atoms with Crippen LogP contribution in [0, 0.1) is 5.92 Å². The van der Waals surface area contributed by atoms with Crippen molar-refractivity contribution in [3.8, 4) is 0 Å². The van der Waals surface area contributed by atoms with Gasteiger partial charge in [0.15, 0.2) is 0 Å². The van der Waals surface area contributed by atoms with E-state index in [4.69, 9.17) is 4.42 Å². The van der Waals surface area contributed by atoms with Gasteiger partial charge in [0, 0.05) is 5.92 Å². The summed E-state index contributed by atoms with van der Waals surface area (Å²) in [5, 5.41) is 3.34. The van der Waals surface area contributed by atoms with Gasteiger partial charge in [-0.2, -0.15) is 0 Å². The number of furan rings is 1. The number of hydrogen-bond acceptors (Lipinski definition) is 2. The fraction of sp³-hybridized carbons (Fsp3) is 0.667. The van der Waals surface area contributed by atoms with Gasteiger partial charge in [0.25, 0.3) is 0 Å². The second-order valence-electron chi connectivity index (χ2n) is 4.30. The van der Waals surface area contributed by atoms with E-state index in [0.717, 1.165) is 24.8 Å². The SMILES string of the molecule is CCCNCc1ccc(C2CC2C)o1. The summed E-state index contributed by atoms with van der Waals surface area (Å²) in [4.78, 5) is 0. The molecule has 0 amide bonds. The Bertz CT molecular complexity index is 292. The zero-order valence-corrected chi connectivity index (χ0v) is 9.05. The first-order valence-corrected chi connectivity index (χ1v) is 5.60. The topological polar surface area (TPSA) is 25.2 Å². The number of rotatable bonds is 5. The van der Waals surface area contributed by atoms with Crippen LogP contribution in [0.4, 0.5) is 0 Å². The summed E-state index contributed by atoms with van der Waals surface area (Å²) in [6.07, 6.45) is 2.47. The van der Waals surface area contributed by atoms with Crippen LogP contribution in [0.1, 0.15) is 44.1 Å². The van der Waals surface area contributed by atoms with Gasteiger partial charge in [0.1, 0.15) is 11.5 Å². The molecule has 1 aromatic rings. The van der Waals surface area contributed by atoms with E-state index in [1.165, 1.54) is 18.6 Å². The maximum absolute atomic E-state index is 5.76. The summed E-state index contributed by atoms with van der Waals surface area (Å²) < 4.78 is 5.76. The molecule has 1 saturated carbocycles. The third kappa shape index (κ3) is 2.18. The van der Waals surface area contributed by atoms with Crippen LogP contribution in [0.15, 0.2) is 16.5 Å². The van der Waals surface area contributed by atoms with Gasteiger partial charge >= 0.3 is 0 Å². The molecule has 2 heteroatoms. The minimum Gasteiger partial charge on any atom is -0.464 e. The van der Waals surface area contributed by atoms with Crippen molar-refractivity contribution in [3.05, 3.63) is 23.7 Å². The van der Waals surface area contributed by atoms with Crippen molar-refractivity contribution in [1.29, 1.82) is 0 Å². The molecular formula is C12H19NO. The van der Waals surface area contributed by atoms with Crippen LogP contribution >= 0.6 is 0 Å². The lowest BCUT2D eigenvalue weighted by Gasteiger charge is -1.98. The van der Waals surface area contributed by atoms with Crippen molar-refractivity contribution < 1.29 is 4.42 Å². The van der Waals surface area contributed by atoms with Crippen molar-refractivity contribution in [3.63, 3.8) is 0 Å². The van der Waals surface area contributed by atoms with Crippen molar-refractivity contribution >= 4 is 0 Å². The highest BCUT2D eigenvalue weighted by Gasteiger charge is 2.36. The summed E-state index contributed by atoms with van der Waals surface area (Å²) in [5.41, 5.74) is 0. The molecule has 1 aliphatic carbocycles. The maximum Gasteiger partial charge on any atom is 0.117 e. The molecule has 1 heterocycles. The Morgan fingerprint density at radius 2 is 2.29 bits per heavy atom. The first kappa shape index (κ1) is 9.78. The largest absolute Gasteiger partial charge is 0.464 e. The number of nitrogens with one attached hydrogen (secondary N) is 1. The average Bonchev–Trinajstić information content (AvgIpc) is 2.74. The Labute approximate surface area is 85.7 Å². The highest BCUT2D eigenvalue weighted by Crippen LogP contribution is 2.47. The van der Waals surface area contributed by atoms with Crippen LogP contribution in [0.5, 0.6) is 0 Å². The van der Waals surface area contributed by atoms with Crippen molar-refractivity contribution in [2.45, 2.75) is 39.2 Å². The van der Waals surface area contributed by atoms with Gasteiger partial charge in [-0.3, -0.25) is 0 Å². The molecule has 1 aliphatic rings. The molecule has 0 saturated heterocycles. The van der Waals surface area contributed by atoms with Gasteiger partial charge < -0.3 is 9.73 Å². The summed E-state index contributed by atoms with van der Waals surface area (Å²) >= 11 is 0. The second kappa shape index (κ2) is 4.18. The van der Waals surface area contributed by atoms with E-state index in [9.17, 15) is 0 Å². The summed E-state index contributed by atoms with van der Waals surface area (Å²) in [6, 6.07) is 4.24. The van der Waals surface area contributed by atoms with Crippen molar-refractivity contribution in [2.75, 3.05) is 6.54 Å². The Kier molecular flexibility index (Phi) is 2.92. The molecule has 1 fully saturated rings. The van der Waals surface area contributed by atoms with Gasteiger partial charge in [-0.1, -0.05) is 13.8 Å². The molecule has 14 heavy (non-hydrogen) atoms. The third-order valence-electron chi connectivity index (χ3n) is 2.88. The second-order valence-corrected chi connectivity index (χ2v) is 4.30. The molecule has 1 N–H and O–H groups in total. The minimum absolute atomic E-state index is 0.704. The van der Waals surface area contributed by atoms with Crippen LogP contribution < -0.4 is 5.32 Å². The lowest BCUT2D eigenvalue weighted by molar-refractivity contribution is 0.444. The normalized spacial score (nSPS) is 25.3. The van der Waals surface area contributed by atoms with Crippen LogP contribution in [0.3, 0.4) is 0 Å². The van der Waals surface area contributed by atoms with Gasteiger partial charge in [-0.15, -0.1) is 0 Å². The highest BCUT2D eigenvalue weighted by atomic mass is 16.3.